The van der Waals surface area contributed by atoms with Crippen LogP contribution < -0.4 is 10.6 Å². The lowest BCUT2D eigenvalue weighted by Crippen LogP contribution is -2.45. The van der Waals surface area contributed by atoms with E-state index in [9.17, 15) is 4.79 Å². The van der Waals surface area contributed by atoms with Gasteiger partial charge in [0.05, 0.1) is 18.0 Å². The summed E-state index contributed by atoms with van der Waals surface area (Å²) in [6.45, 7) is 4.49. The maximum absolute atomic E-state index is 12.2. The smallest absolute Gasteiger partial charge is 0.237 e. The number of carbonyl (C=O) groups is 1. The first-order chi connectivity index (χ1) is 12.8. The zero-order valence-electron chi connectivity index (χ0n) is 15.4. The molecule has 1 amide bonds. The van der Waals surface area contributed by atoms with Crippen molar-refractivity contribution < 1.29 is 13.7 Å². The number of nitrogens with zero attached hydrogens (tertiary/aromatic N) is 2. The van der Waals surface area contributed by atoms with E-state index in [4.69, 9.17) is 8.94 Å². The molecule has 0 spiro atoms. The van der Waals surface area contributed by atoms with Gasteiger partial charge in [0.25, 0.3) is 0 Å². The Morgan fingerprint density at radius 3 is 3.04 bits per heavy atom. The first-order valence-electron chi connectivity index (χ1n) is 9.51. The summed E-state index contributed by atoms with van der Waals surface area (Å²) in [5, 5.41) is 10.5. The number of likely N-dealkylation sites (tertiary alicyclic amines) is 1. The molecule has 0 saturated carbocycles. The van der Waals surface area contributed by atoms with E-state index in [1.807, 2.05) is 18.2 Å². The summed E-state index contributed by atoms with van der Waals surface area (Å²) in [5.41, 5.74) is 0.913. The van der Waals surface area contributed by atoms with Crippen molar-refractivity contribution in [3.05, 3.63) is 30.2 Å². The van der Waals surface area contributed by atoms with E-state index in [1.165, 1.54) is 0 Å². The Labute approximate surface area is 165 Å². The molecule has 2 atom stereocenters. The van der Waals surface area contributed by atoms with Gasteiger partial charge < -0.3 is 19.6 Å². The minimum atomic E-state index is 0. The van der Waals surface area contributed by atoms with Gasteiger partial charge in [-0.1, -0.05) is 5.16 Å². The van der Waals surface area contributed by atoms with Gasteiger partial charge in [-0.2, -0.15) is 0 Å². The van der Waals surface area contributed by atoms with Crippen molar-refractivity contribution in [2.45, 2.75) is 38.3 Å². The number of hydrogen-bond donors (Lipinski definition) is 2. The first kappa shape index (κ1) is 19.9. The second kappa shape index (κ2) is 9.39. The van der Waals surface area contributed by atoms with Crippen LogP contribution in [0.1, 0.15) is 31.4 Å². The number of aromatic nitrogens is 1. The number of amides is 1. The summed E-state index contributed by atoms with van der Waals surface area (Å²) in [5.74, 6) is 2.00. The van der Waals surface area contributed by atoms with Crippen LogP contribution in [0.15, 0.2) is 33.4 Å². The molecule has 0 aliphatic carbocycles. The Bertz CT molecular complexity index is 712. The van der Waals surface area contributed by atoms with Crippen molar-refractivity contribution in [1.29, 1.82) is 0 Å². The molecular formula is C19H27ClN4O3. The van der Waals surface area contributed by atoms with E-state index in [-0.39, 0.29) is 24.4 Å². The second-order valence-electron chi connectivity index (χ2n) is 7.30. The molecule has 2 N–H and O–H groups in total. The van der Waals surface area contributed by atoms with Crippen LogP contribution >= 0.6 is 12.4 Å². The number of carbonyl (C=O) groups excluding carboxylic acids is 1. The van der Waals surface area contributed by atoms with Crippen LogP contribution in [-0.2, 0) is 11.3 Å². The Balaban J connectivity index is 0.00000210. The van der Waals surface area contributed by atoms with Crippen LogP contribution in [0.5, 0.6) is 0 Å². The topological polar surface area (TPSA) is 83.5 Å². The Hall–Kier alpha value is -1.83. The van der Waals surface area contributed by atoms with Gasteiger partial charge in [-0.05, 0) is 56.8 Å². The van der Waals surface area contributed by atoms with Crippen molar-refractivity contribution in [3.63, 3.8) is 0 Å². The fourth-order valence-electron chi connectivity index (χ4n) is 3.89. The van der Waals surface area contributed by atoms with Gasteiger partial charge >= 0.3 is 0 Å². The Morgan fingerprint density at radius 1 is 1.33 bits per heavy atom. The van der Waals surface area contributed by atoms with Crippen molar-refractivity contribution in [2.24, 2.45) is 5.92 Å². The molecule has 2 aromatic heterocycles. The number of halogens is 1. The van der Waals surface area contributed by atoms with Gasteiger partial charge in [0, 0.05) is 25.7 Å². The summed E-state index contributed by atoms with van der Waals surface area (Å²) in [7, 11) is 0. The molecule has 0 bridgehead atoms. The lowest BCUT2D eigenvalue weighted by molar-refractivity contribution is -0.123. The molecule has 2 aliphatic rings. The van der Waals surface area contributed by atoms with Crippen molar-refractivity contribution in [1.82, 2.24) is 20.7 Å². The largest absolute Gasteiger partial charge is 0.461 e. The highest BCUT2D eigenvalue weighted by Gasteiger charge is 2.25. The van der Waals surface area contributed by atoms with Crippen LogP contribution in [0.25, 0.3) is 11.5 Å². The summed E-state index contributed by atoms with van der Waals surface area (Å²) in [6.07, 6.45) is 5.97. The fraction of sp³-hybridized carbons (Fsp3) is 0.579. The molecule has 148 valence electrons. The van der Waals surface area contributed by atoms with Crippen LogP contribution in [0.4, 0.5) is 0 Å². The number of furan rings is 1. The van der Waals surface area contributed by atoms with Gasteiger partial charge in [0.2, 0.25) is 11.7 Å². The Kier molecular flexibility index (Phi) is 6.93. The monoisotopic (exact) mass is 394 g/mol. The third-order valence-electron chi connectivity index (χ3n) is 5.25. The molecule has 4 heterocycles. The van der Waals surface area contributed by atoms with Gasteiger partial charge in [0.15, 0.2) is 5.76 Å². The molecule has 27 heavy (non-hydrogen) atoms. The van der Waals surface area contributed by atoms with E-state index in [0.717, 1.165) is 64.1 Å². The predicted octanol–water partition coefficient (Wildman–Crippen LogP) is 2.44. The van der Waals surface area contributed by atoms with Crippen LogP contribution in [0.3, 0.4) is 0 Å². The number of piperidine rings is 1. The summed E-state index contributed by atoms with van der Waals surface area (Å²) < 4.78 is 10.7. The van der Waals surface area contributed by atoms with Gasteiger partial charge in [-0.15, -0.1) is 12.4 Å². The molecule has 0 aromatic carbocycles. The van der Waals surface area contributed by atoms with Crippen LogP contribution in [0, 0.1) is 5.92 Å². The SMILES string of the molecule is Cl.O=C(NCC1CCCN(Cc2cc(-c3ccco3)on2)C1)C1CCCN1. The summed E-state index contributed by atoms with van der Waals surface area (Å²) in [4.78, 5) is 14.5. The van der Waals surface area contributed by atoms with Gasteiger partial charge in [0.1, 0.15) is 0 Å². The first-order valence-corrected chi connectivity index (χ1v) is 9.51. The van der Waals surface area contributed by atoms with E-state index < -0.39 is 0 Å². The number of hydrogen-bond acceptors (Lipinski definition) is 6. The standard InChI is InChI=1S/C19H26N4O3.ClH/c24-19(16-5-1-7-20-16)21-11-14-4-2-8-23(12-14)13-15-10-18(26-22-15)17-6-3-9-25-17;/h3,6,9-10,14,16,20H,1-2,4-5,7-8,11-13H2,(H,21,24);1H. The third kappa shape index (κ3) is 5.12. The molecule has 0 radical (unpaired) electrons. The highest BCUT2D eigenvalue weighted by Crippen LogP contribution is 2.23. The van der Waals surface area contributed by atoms with E-state index in [2.05, 4.69) is 20.7 Å². The van der Waals surface area contributed by atoms with Gasteiger partial charge in [-0.3, -0.25) is 9.69 Å². The predicted molar refractivity (Wildman–Crippen MR) is 103 cm³/mol. The zero-order chi connectivity index (χ0) is 17.8. The van der Waals surface area contributed by atoms with Crippen molar-refractivity contribution in [3.8, 4) is 11.5 Å². The average molecular weight is 395 g/mol. The Morgan fingerprint density at radius 2 is 2.26 bits per heavy atom. The zero-order valence-corrected chi connectivity index (χ0v) is 16.2. The van der Waals surface area contributed by atoms with Crippen LogP contribution in [-0.4, -0.2) is 48.2 Å². The highest BCUT2D eigenvalue weighted by atomic mass is 35.5. The second-order valence-corrected chi connectivity index (χ2v) is 7.30. The number of nitrogens with one attached hydrogen (secondary N) is 2. The molecule has 2 aliphatic heterocycles. The maximum atomic E-state index is 12.2. The quantitative estimate of drug-likeness (QED) is 0.782. The molecule has 7 nitrogen and oxygen atoms in total. The molecule has 2 saturated heterocycles. The van der Waals surface area contributed by atoms with Gasteiger partial charge in [-0.25, -0.2) is 0 Å². The van der Waals surface area contributed by atoms with Crippen LogP contribution in [0.2, 0.25) is 0 Å². The molecule has 2 aromatic rings. The fourth-order valence-corrected chi connectivity index (χ4v) is 3.89. The number of rotatable bonds is 6. The molecule has 2 fully saturated rings. The van der Waals surface area contributed by atoms with E-state index >= 15 is 0 Å². The molecule has 2 unspecified atom stereocenters. The lowest BCUT2D eigenvalue weighted by atomic mass is 9.97. The molecule has 4 rings (SSSR count). The van der Waals surface area contributed by atoms with Crippen molar-refractivity contribution in [2.75, 3.05) is 26.2 Å². The lowest BCUT2D eigenvalue weighted by Gasteiger charge is -2.32. The molecular weight excluding hydrogens is 368 g/mol. The molecule has 8 heteroatoms. The highest BCUT2D eigenvalue weighted by molar-refractivity contribution is 5.85. The normalized spacial score (nSPS) is 23.1. The summed E-state index contributed by atoms with van der Waals surface area (Å²) >= 11 is 0. The average Bonchev–Trinajstić information content (AvgIpc) is 3.41. The minimum Gasteiger partial charge on any atom is -0.461 e. The van der Waals surface area contributed by atoms with E-state index in [0.29, 0.717) is 17.4 Å². The van der Waals surface area contributed by atoms with Crippen molar-refractivity contribution >= 4 is 18.3 Å². The van der Waals surface area contributed by atoms with E-state index in [1.54, 1.807) is 6.26 Å². The maximum Gasteiger partial charge on any atom is 0.237 e. The minimum absolute atomic E-state index is 0. The summed E-state index contributed by atoms with van der Waals surface area (Å²) in [6, 6.07) is 5.64. The third-order valence-corrected chi connectivity index (χ3v) is 5.25.